The van der Waals surface area contributed by atoms with Crippen LogP contribution in [0.2, 0.25) is 0 Å². The van der Waals surface area contributed by atoms with Crippen LogP contribution in [0.1, 0.15) is 49.0 Å². The van der Waals surface area contributed by atoms with E-state index in [4.69, 9.17) is 14.9 Å². The van der Waals surface area contributed by atoms with Gasteiger partial charge in [0.25, 0.3) is 0 Å². The minimum absolute atomic E-state index is 0.0731. The van der Waals surface area contributed by atoms with Gasteiger partial charge in [0.1, 0.15) is 11.5 Å². The second kappa shape index (κ2) is 14.4. The van der Waals surface area contributed by atoms with Gasteiger partial charge in [0.2, 0.25) is 0 Å². The van der Waals surface area contributed by atoms with E-state index in [9.17, 15) is 19.2 Å². The molecule has 0 amide bonds. The highest BCUT2D eigenvalue weighted by Crippen LogP contribution is 2.18. The molecule has 0 saturated heterocycles. The van der Waals surface area contributed by atoms with Crippen LogP contribution in [0.15, 0.2) is 53.5 Å². The van der Waals surface area contributed by atoms with Crippen LogP contribution in [-0.4, -0.2) is 45.5 Å². The second-order valence-corrected chi connectivity index (χ2v) is 7.28. The number of ketones is 2. The van der Waals surface area contributed by atoms with Gasteiger partial charge < -0.3 is 19.7 Å². The number of nitrogens with zero attached hydrogens (tertiary/aromatic N) is 1. The first-order valence-electron chi connectivity index (χ1n) is 10.0. The lowest BCUT2D eigenvalue weighted by atomic mass is 10.0. The molecule has 0 aliphatic rings. The lowest BCUT2D eigenvalue weighted by Crippen LogP contribution is -2.13. The van der Waals surface area contributed by atoms with E-state index in [1.165, 1.54) is 6.92 Å². The van der Waals surface area contributed by atoms with Crippen molar-refractivity contribution in [1.82, 2.24) is 0 Å². The minimum atomic E-state index is -1.08. The van der Waals surface area contributed by atoms with Crippen molar-refractivity contribution >= 4 is 46.6 Å². The fourth-order valence-electron chi connectivity index (χ4n) is 2.47. The number of aliphatic imine (C=N–C) groups is 1. The van der Waals surface area contributed by atoms with E-state index >= 15 is 0 Å². The summed E-state index contributed by atoms with van der Waals surface area (Å²) in [5.74, 6) is -2.18. The summed E-state index contributed by atoms with van der Waals surface area (Å²) in [5, 5.41) is 18.5. The van der Waals surface area contributed by atoms with Gasteiger partial charge in [0.15, 0.2) is 5.78 Å². The largest absolute Gasteiger partial charge is 0.494 e. The van der Waals surface area contributed by atoms with Gasteiger partial charge in [0.05, 0.1) is 29.8 Å². The van der Waals surface area contributed by atoms with Crippen LogP contribution in [0.3, 0.4) is 0 Å². The fraction of sp³-hybridized carbons (Fsp3) is 0.292. The van der Waals surface area contributed by atoms with E-state index in [1.807, 2.05) is 0 Å². The van der Waals surface area contributed by atoms with Crippen molar-refractivity contribution in [3.63, 3.8) is 0 Å². The molecule has 0 bridgehead atoms. The van der Waals surface area contributed by atoms with Crippen molar-refractivity contribution in [3.8, 4) is 5.75 Å². The quantitative estimate of drug-likeness (QED) is 0.211. The Kier molecular flexibility index (Phi) is 11.9. The summed E-state index contributed by atoms with van der Waals surface area (Å²) >= 11 is 4.55. The summed E-state index contributed by atoms with van der Waals surface area (Å²) in [7, 11) is 0. The first kappa shape index (κ1) is 27.4. The predicted molar refractivity (Wildman–Crippen MR) is 125 cm³/mol. The lowest BCUT2D eigenvalue weighted by molar-refractivity contribution is -0.147. The molecule has 8 nitrogen and oxygen atoms in total. The zero-order chi connectivity index (χ0) is 24.8. The maximum absolute atomic E-state index is 12.4. The highest BCUT2D eigenvalue weighted by atomic mass is 32.1. The third-order valence-corrected chi connectivity index (χ3v) is 4.36. The Bertz CT molecular complexity index is 1010. The number of Topliss-reactive ketones (excluding diaryl/α,β-unsaturated/α-hetero) is 1. The average molecular weight is 472 g/mol. The molecular weight excluding hydrogens is 446 g/mol. The zero-order valence-electron chi connectivity index (χ0n) is 18.3. The van der Waals surface area contributed by atoms with E-state index in [0.717, 1.165) is 0 Å². The van der Waals surface area contributed by atoms with Crippen LogP contribution in [0.5, 0.6) is 5.75 Å². The van der Waals surface area contributed by atoms with E-state index in [-0.39, 0.29) is 18.0 Å². The fourth-order valence-corrected chi connectivity index (χ4v) is 2.58. The smallest absolute Gasteiger partial charge is 0.306 e. The molecule has 0 heterocycles. The van der Waals surface area contributed by atoms with Crippen LogP contribution in [0.25, 0.3) is 0 Å². The highest BCUT2D eigenvalue weighted by Gasteiger charge is 2.14. The number of hydrogen-bond acceptors (Lipinski definition) is 7. The number of carbonyl (C=O) groups is 4. The van der Waals surface area contributed by atoms with Gasteiger partial charge in [-0.15, -0.1) is 0 Å². The number of carbonyl (C=O) groups excluding carboxylic acids is 2. The SMILES string of the molecule is CC(=O)CCCOc1ccc(C(=O)c2ccc(N=C=S)cc2)cc1.CC(CC(=O)O)C(=O)O. The number of aliphatic carboxylic acids is 2. The van der Waals surface area contributed by atoms with Crippen molar-refractivity contribution in [1.29, 1.82) is 0 Å². The molecule has 2 rings (SSSR count). The van der Waals surface area contributed by atoms with Crippen LogP contribution < -0.4 is 4.74 Å². The maximum Gasteiger partial charge on any atom is 0.306 e. The van der Waals surface area contributed by atoms with Crippen molar-refractivity contribution in [3.05, 3.63) is 59.7 Å². The topological polar surface area (TPSA) is 130 Å². The predicted octanol–water partition coefficient (Wildman–Crippen LogP) is 4.58. The molecule has 0 aliphatic carbocycles. The first-order chi connectivity index (χ1) is 15.6. The lowest BCUT2D eigenvalue weighted by Gasteiger charge is -2.06. The molecular formula is C24H25NO7S. The first-order valence-corrected chi connectivity index (χ1v) is 10.4. The van der Waals surface area contributed by atoms with Gasteiger partial charge in [-0.05, 0) is 74.1 Å². The van der Waals surface area contributed by atoms with Gasteiger partial charge in [-0.3, -0.25) is 14.4 Å². The molecule has 2 N–H and O–H groups in total. The van der Waals surface area contributed by atoms with Crippen molar-refractivity contribution < 1.29 is 34.1 Å². The molecule has 0 aliphatic heterocycles. The standard InChI is InChI=1S/C19H17NO3S.C5H8O4/c1-14(21)3-2-12-23-18-10-6-16(7-11-18)19(22)15-4-8-17(9-5-15)20-13-24;1-3(5(8)9)2-4(6)7/h4-11H,2-3,12H2,1H3;3H,2H2,1H3,(H,6,7)(H,8,9). The van der Waals surface area contributed by atoms with E-state index in [0.29, 0.717) is 42.0 Å². The third kappa shape index (κ3) is 11.0. The van der Waals surface area contributed by atoms with E-state index in [2.05, 4.69) is 22.4 Å². The van der Waals surface area contributed by atoms with E-state index < -0.39 is 17.9 Å². The number of benzene rings is 2. The number of carboxylic acids is 2. The minimum Gasteiger partial charge on any atom is -0.494 e. The molecule has 33 heavy (non-hydrogen) atoms. The number of thiocarbonyl (C=S) groups is 1. The summed E-state index contributed by atoms with van der Waals surface area (Å²) in [4.78, 5) is 47.0. The Hall–Kier alpha value is -3.68. The monoisotopic (exact) mass is 471 g/mol. The number of carboxylic acid groups (broad SMARTS) is 2. The Morgan fingerprint density at radius 1 is 1.00 bits per heavy atom. The molecule has 0 aromatic heterocycles. The summed E-state index contributed by atoms with van der Waals surface area (Å²) in [6.45, 7) is 3.40. The zero-order valence-corrected chi connectivity index (χ0v) is 19.1. The van der Waals surface area contributed by atoms with Crippen LogP contribution in [0.4, 0.5) is 5.69 Å². The van der Waals surface area contributed by atoms with Crippen molar-refractivity contribution in [2.75, 3.05) is 6.61 Å². The van der Waals surface area contributed by atoms with Gasteiger partial charge in [-0.1, -0.05) is 6.92 Å². The highest BCUT2D eigenvalue weighted by molar-refractivity contribution is 7.78. The third-order valence-electron chi connectivity index (χ3n) is 4.27. The summed E-state index contributed by atoms with van der Waals surface area (Å²) in [5.41, 5.74) is 1.82. The summed E-state index contributed by atoms with van der Waals surface area (Å²) in [6.07, 6.45) is 0.891. The number of rotatable bonds is 11. The van der Waals surface area contributed by atoms with Crippen LogP contribution in [-0.2, 0) is 14.4 Å². The number of ether oxygens (including phenoxy) is 1. The van der Waals surface area contributed by atoms with Crippen LogP contribution >= 0.6 is 12.2 Å². The Labute approximate surface area is 196 Å². The Balaban J connectivity index is 0.000000513. The van der Waals surface area contributed by atoms with Gasteiger partial charge >= 0.3 is 11.9 Å². The molecule has 1 atom stereocenters. The molecule has 0 spiro atoms. The molecule has 174 valence electrons. The van der Waals surface area contributed by atoms with Crippen molar-refractivity contribution in [2.24, 2.45) is 10.9 Å². The average Bonchev–Trinajstić information content (AvgIpc) is 2.77. The van der Waals surface area contributed by atoms with Crippen molar-refractivity contribution in [2.45, 2.75) is 33.1 Å². The molecule has 1 unspecified atom stereocenters. The number of hydrogen-bond donors (Lipinski definition) is 2. The maximum atomic E-state index is 12.4. The molecule has 0 radical (unpaired) electrons. The van der Waals surface area contributed by atoms with Crippen LogP contribution in [0, 0.1) is 5.92 Å². The second-order valence-electron chi connectivity index (χ2n) is 7.09. The Morgan fingerprint density at radius 3 is 1.97 bits per heavy atom. The summed E-state index contributed by atoms with van der Waals surface area (Å²) < 4.78 is 5.55. The molecule has 0 fully saturated rings. The summed E-state index contributed by atoms with van der Waals surface area (Å²) in [6, 6.07) is 13.8. The normalized spacial score (nSPS) is 10.6. The van der Waals surface area contributed by atoms with Gasteiger partial charge in [-0.25, -0.2) is 0 Å². The van der Waals surface area contributed by atoms with Gasteiger partial charge in [0, 0.05) is 17.5 Å². The van der Waals surface area contributed by atoms with E-state index in [1.54, 1.807) is 55.5 Å². The molecule has 9 heteroatoms. The molecule has 0 saturated carbocycles. The Morgan fingerprint density at radius 2 is 1.55 bits per heavy atom. The molecule has 2 aromatic carbocycles. The van der Waals surface area contributed by atoms with Gasteiger partial charge in [-0.2, -0.15) is 4.99 Å². The number of isothiocyanates is 1. The molecule has 2 aromatic rings.